The molecule has 1 fully saturated rings. The second-order valence-corrected chi connectivity index (χ2v) is 6.99. The number of hydrogen-bond acceptors (Lipinski definition) is 5. The van der Waals surface area contributed by atoms with Gasteiger partial charge in [-0.05, 0) is 12.8 Å². The molecule has 0 saturated carbocycles. The molecule has 1 aromatic heterocycles. The van der Waals surface area contributed by atoms with Gasteiger partial charge in [-0.15, -0.1) is 0 Å². The van der Waals surface area contributed by atoms with E-state index in [0.29, 0.717) is 12.8 Å². The maximum Gasteiger partial charge on any atom is 0.408 e. The number of amides is 1. The van der Waals surface area contributed by atoms with E-state index >= 15 is 0 Å². The third-order valence-electron chi connectivity index (χ3n) is 3.68. The summed E-state index contributed by atoms with van der Waals surface area (Å²) in [4.78, 5) is 14.7. The zero-order valence-electron chi connectivity index (χ0n) is 10.7. The number of aromatic nitrogens is 1. The molecule has 19 heavy (non-hydrogen) atoms. The molecular weight excluding hydrogens is 272 g/mol. The van der Waals surface area contributed by atoms with E-state index in [2.05, 4.69) is 4.98 Å². The summed E-state index contributed by atoms with van der Waals surface area (Å²) in [6.45, 7) is 1.89. The summed E-state index contributed by atoms with van der Waals surface area (Å²) in [6, 6.07) is 0. The van der Waals surface area contributed by atoms with Crippen LogP contribution in [0.15, 0.2) is 17.1 Å². The third kappa shape index (κ3) is 1.90. The van der Waals surface area contributed by atoms with E-state index in [1.54, 1.807) is 6.92 Å². The number of likely N-dealkylation sites (tertiary alicyclic amines) is 1. The predicted molar refractivity (Wildman–Crippen MR) is 66.2 cm³/mol. The molecule has 0 spiro atoms. The second-order valence-electron chi connectivity index (χ2n) is 4.82. The van der Waals surface area contributed by atoms with Crippen molar-refractivity contribution in [1.29, 1.82) is 0 Å². The third-order valence-corrected chi connectivity index (χ3v) is 5.65. The molecule has 1 aliphatic rings. The summed E-state index contributed by atoms with van der Waals surface area (Å²) < 4.78 is 29.6. The Morgan fingerprint density at radius 2 is 2.32 bits per heavy atom. The lowest BCUT2D eigenvalue weighted by molar-refractivity contribution is 0.0562. The Hall–Kier alpha value is -1.57. The molecule has 0 aromatic carbocycles. The average Bonchev–Trinajstić information content (AvgIpc) is 2.80. The molecule has 106 valence electrons. The Labute approximate surface area is 111 Å². The van der Waals surface area contributed by atoms with Gasteiger partial charge in [-0.2, -0.15) is 0 Å². The Morgan fingerprint density at radius 3 is 2.79 bits per heavy atom. The fraction of sp³-hybridized carbons (Fsp3) is 0.636. The van der Waals surface area contributed by atoms with Gasteiger partial charge in [-0.1, -0.05) is 6.92 Å². The van der Waals surface area contributed by atoms with Gasteiger partial charge >= 0.3 is 6.09 Å². The lowest BCUT2D eigenvalue weighted by Gasteiger charge is -2.46. The quantitative estimate of drug-likeness (QED) is 0.879. The molecule has 0 aliphatic carbocycles. The van der Waals surface area contributed by atoms with Gasteiger partial charge in [-0.3, -0.25) is 4.90 Å². The number of carbonyl (C=O) groups is 1. The molecule has 1 saturated heterocycles. The molecule has 1 aliphatic heterocycles. The highest BCUT2D eigenvalue weighted by Crippen LogP contribution is 2.45. The van der Waals surface area contributed by atoms with E-state index in [1.807, 2.05) is 0 Å². The molecular formula is C11H16N2O5S. The normalized spacial score (nSPS) is 28.3. The van der Waals surface area contributed by atoms with Crippen molar-refractivity contribution in [3.8, 4) is 0 Å². The zero-order chi connectivity index (χ0) is 14.3. The number of piperidine rings is 1. The molecule has 0 bridgehead atoms. The van der Waals surface area contributed by atoms with Crippen LogP contribution >= 0.6 is 0 Å². The van der Waals surface area contributed by atoms with Crippen molar-refractivity contribution < 1.29 is 22.7 Å². The van der Waals surface area contributed by atoms with Gasteiger partial charge in [0.15, 0.2) is 21.1 Å². The fourth-order valence-electron chi connectivity index (χ4n) is 2.96. The molecule has 2 heterocycles. The summed E-state index contributed by atoms with van der Waals surface area (Å²) in [5.74, 6) is -0.391. The van der Waals surface area contributed by atoms with Crippen molar-refractivity contribution in [2.45, 2.75) is 24.6 Å². The van der Waals surface area contributed by atoms with Gasteiger partial charge in [0.25, 0.3) is 0 Å². The molecule has 1 aromatic rings. The number of rotatable bonds is 2. The number of oxazole rings is 1. The Bertz CT molecular complexity index is 568. The predicted octanol–water partition coefficient (Wildman–Crippen LogP) is 1.28. The van der Waals surface area contributed by atoms with Crippen LogP contribution < -0.4 is 0 Å². The first kappa shape index (κ1) is 13.9. The minimum Gasteiger partial charge on any atom is -0.465 e. The number of nitrogens with zero attached hydrogens (tertiary/aromatic N) is 2. The average molecular weight is 288 g/mol. The van der Waals surface area contributed by atoms with Gasteiger partial charge in [0.05, 0.1) is 0 Å². The van der Waals surface area contributed by atoms with Gasteiger partial charge in [0.1, 0.15) is 12.0 Å². The van der Waals surface area contributed by atoms with E-state index < -0.39 is 26.7 Å². The van der Waals surface area contributed by atoms with Crippen molar-refractivity contribution >= 4 is 15.9 Å². The minimum atomic E-state index is -3.73. The first-order valence-electron chi connectivity index (χ1n) is 5.90. The Morgan fingerprint density at radius 1 is 1.63 bits per heavy atom. The summed E-state index contributed by atoms with van der Waals surface area (Å²) in [7, 11) is -3.73. The van der Waals surface area contributed by atoms with Gasteiger partial charge in [0, 0.05) is 18.7 Å². The molecule has 1 amide bonds. The van der Waals surface area contributed by atoms with Crippen LogP contribution in [0.2, 0.25) is 0 Å². The van der Waals surface area contributed by atoms with Crippen LogP contribution in [0.25, 0.3) is 0 Å². The lowest BCUT2D eigenvalue weighted by atomic mass is 9.88. The summed E-state index contributed by atoms with van der Waals surface area (Å²) in [5, 5.41) is 9.36. The van der Waals surface area contributed by atoms with E-state index in [9.17, 15) is 18.3 Å². The highest BCUT2D eigenvalue weighted by molar-refractivity contribution is 7.91. The highest BCUT2D eigenvalue weighted by atomic mass is 32.2. The molecule has 1 N–H and O–H groups in total. The van der Waals surface area contributed by atoms with Crippen molar-refractivity contribution in [1.82, 2.24) is 9.88 Å². The molecule has 2 atom stereocenters. The topological polar surface area (TPSA) is 101 Å². The Balaban J connectivity index is 2.73. The molecule has 7 nitrogen and oxygen atoms in total. The van der Waals surface area contributed by atoms with Crippen LogP contribution in [-0.4, -0.2) is 42.3 Å². The van der Waals surface area contributed by atoms with Crippen molar-refractivity contribution in [3.05, 3.63) is 18.4 Å². The van der Waals surface area contributed by atoms with E-state index in [-0.39, 0.29) is 12.2 Å². The SMILES string of the molecule is CC1CCCN(C(=O)O)C1(c1cocn1)S(C)(=O)=O. The number of hydrogen-bond donors (Lipinski definition) is 1. The smallest absolute Gasteiger partial charge is 0.408 e. The van der Waals surface area contributed by atoms with E-state index in [4.69, 9.17) is 4.42 Å². The highest BCUT2D eigenvalue weighted by Gasteiger charge is 2.57. The minimum absolute atomic E-state index is 0.129. The van der Waals surface area contributed by atoms with Crippen LogP contribution in [0, 0.1) is 5.92 Å². The van der Waals surface area contributed by atoms with Crippen LogP contribution in [0.1, 0.15) is 25.5 Å². The second kappa shape index (κ2) is 4.52. The van der Waals surface area contributed by atoms with Crippen LogP contribution in [0.4, 0.5) is 4.79 Å². The zero-order valence-corrected chi connectivity index (χ0v) is 11.6. The first-order valence-corrected chi connectivity index (χ1v) is 7.79. The first-order chi connectivity index (χ1) is 8.81. The monoisotopic (exact) mass is 288 g/mol. The number of carboxylic acid groups (broad SMARTS) is 1. The van der Waals surface area contributed by atoms with E-state index in [1.165, 1.54) is 6.26 Å². The molecule has 2 unspecified atom stereocenters. The van der Waals surface area contributed by atoms with Crippen molar-refractivity contribution in [2.24, 2.45) is 5.92 Å². The van der Waals surface area contributed by atoms with Crippen molar-refractivity contribution in [3.63, 3.8) is 0 Å². The van der Waals surface area contributed by atoms with Gasteiger partial charge in [-0.25, -0.2) is 18.2 Å². The van der Waals surface area contributed by atoms with Gasteiger partial charge in [0.2, 0.25) is 0 Å². The lowest BCUT2D eigenvalue weighted by Crippen LogP contribution is -2.60. The molecule has 2 rings (SSSR count). The summed E-state index contributed by atoms with van der Waals surface area (Å²) in [6.07, 6.45) is 3.34. The summed E-state index contributed by atoms with van der Waals surface area (Å²) >= 11 is 0. The van der Waals surface area contributed by atoms with Crippen LogP contribution in [0.3, 0.4) is 0 Å². The standard InChI is InChI=1S/C11H16N2O5S/c1-8-4-3-5-13(10(14)15)11(8,19(2,16)17)9-6-18-7-12-9/h6-8H,3-5H2,1-2H3,(H,14,15). The maximum absolute atomic E-state index is 12.3. The molecule has 0 radical (unpaired) electrons. The number of sulfone groups is 1. The van der Waals surface area contributed by atoms with Crippen LogP contribution in [-0.2, 0) is 14.7 Å². The van der Waals surface area contributed by atoms with Crippen molar-refractivity contribution in [2.75, 3.05) is 12.8 Å². The largest absolute Gasteiger partial charge is 0.465 e. The molecule has 8 heteroatoms. The van der Waals surface area contributed by atoms with E-state index in [0.717, 1.165) is 17.5 Å². The fourth-order valence-corrected chi connectivity index (χ4v) is 4.86. The maximum atomic E-state index is 12.3. The van der Waals surface area contributed by atoms with Gasteiger partial charge < -0.3 is 9.52 Å². The van der Waals surface area contributed by atoms with Crippen LogP contribution in [0.5, 0.6) is 0 Å². The summed E-state index contributed by atoms with van der Waals surface area (Å²) in [5.41, 5.74) is 0.129. The Kier molecular flexibility index (Phi) is 3.29.